The average molecular weight is 367 g/mol. The molecule has 3 nitrogen and oxygen atoms in total. The van der Waals surface area contributed by atoms with Crippen molar-refractivity contribution in [3.8, 4) is 0 Å². The van der Waals surface area contributed by atoms with Crippen molar-refractivity contribution in [1.82, 2.24) is 4.90 Å². The molecule has 1 heterocycles. The van der Waals surface area contributed by atoms with Gasteiger partial charge in [0.2, 0.25) is 0 Å². The number of allylic oxidation sites excluding steroid dienone is 2. The Hall–Kier alpha value is -2.11. The molecule has 0 fully saturated rings. The van der Waals surface area contributed by atoms with Crippen LogP contribution in [0.1, 0.15) is 72.1 Å². The van der Waals surface area contributed by atoms with Gasteiger partial charge in [0.1, 0.15) is 0 Å². The zero-order valence-electron chi connectivity index (χ0n) is 14.7. The van der Waals surface area contributed by atoms with Gasteiger partial charge >= 0.3 is 6.18 Å². The van der Waals surface area contributed by atoms with Crippen LogP contribution in [0, 0.1) is 0 Å². The number of hydrogen-bond acceptors (Lipinski definition) is 2. The van der Waals surface area contributed by atoms with E-state index in [1.54, 1.807) is 30.3 Å². The Bertz CT molecular complexity index is 618. The molecule has 0 saturated carbocycles. The van der Waals surface area contributed by atoms with Gasteiger partial charge in [0, 0.05) is 6.54 Å². The van der Waals surface area contributed by atoms with Crippen molar-refractivity contribution >= 4 is 11.8 Å². The molecule has 1 aliphatic rings. The van der Waals surface area contributed by atoms with Gasteiger partial charge in [-0.25, -0.2) is 0 Å². The number of hydrogen-bond donors (Lipinski definition) is 0. The fraction of sp³-hybridized carbons (Fsp3) is 0.500. The smallest absolute Gasteiger partial charge is 0.274 e. The van der Waals surface area contributed by atoms with Crippen molar-refractivity contribution in [3.05, 3.63) is 47.5 Å². The summed E-state index contributed by atoms with van der Waals surface area (Å²) >= 11 is 0. The van der Waals surface area contributed by atoms with E-state index in [0.29, 0.717) is 24.1 Å². The van der Waals surface area contributed by atoms with Crippen LogP contribution in [0.15, 0.2) is 36.4 Å². The molecule has 2 rings (SSSR count). The van der Waals surface area contributed by atoms with Crippen LogP contribution in [0.2, 0.25) is 0 Å². The fourth-order valence-corrected chi connectivity index (χ4v) is 3.02. The maximum atomic E-state index is 12.2. The third-order valence-electron chi connectivity index (χ3n) is 4.40. The number of halogens is 3. The molecule has 1 aromatic rings. The van der Waals surface area contributed by atoms with Gasteiger partial charge in [-0.15, -0.1) is 0 Å². The first-order valence-corrected chi connectivity index (χ1v) is 9.07. The quantitative estimate of drug-likeness (QED) is 0.310. The van der Waals surface area contributed by atoms with E-state index in [1.807, 2.05) is 0 Å². The van der Waals surface area contributed by atoms with E-state index in [0.717, 1.165) is 38.5 Å². The van der Waals surface area contributed by atoms with E-state index in [2.05, 4.69) is 0 Å². The normalized spacial score (nSPS) is 14.5. The first-order valence-electron chi connectivity index (χ1n) is 9.07. The Balaban J connectivity index is 1.53. The molecule has 0 radical (unpaired) electrons. The highest BCUT2D eigenvalue weighted by molar-refractivity contribution is 6.21. The summed E-state index contributed by atoms with van der Waals surface area (Å²) in [6.07, 6.45) is 4.04. The van der Waals surface area contributed by atoms with Gasteiger partial charge < -0.3 is 0 Å². The second kappa shape index (κ2) is 9.55. The van der Waals surface area contributed by atoms with E-state index >= 15 is 0 Å². The summed E-state index contributed by atoms with van der Waals surface area (Å²) in [5.41, 5.74) is 0.965. The predicted molar refractivity (Wildman–Crippen MR) is 93.9 cm³/mol. The van der Waals surface area contributed by atoms with Crippen LogP contribution in [0.25, 0.3) is 0 Å². The van der Waals surface area contributed by atoms with E-state index in [1.165, 1.54) is 11.0 Å². The lowest BCUT2D eigenvalue weighted by molar-refractivity contribution is -0.125. The number of nitrogens with zero attached hydrogens (tertiary/aromatic N) is 1. The SMILES string of the molecule is O=C1c2ccccc2C(=O)N1CCCCCCCC/C=C/CC(F)(F)F. The minimum Gasteiger partial charge on any atom is -0.274 e. The van der Waals surface area contributed by atoms with Crippen molar-refractivity contribution in [3.63, 3.8) is 0 Å². The molecule has 0 N–H and O–H groups in total. The Morgan fingerprint density at radius 2 is 1.35 bits per heavy atom. The topological polar surface area (TPSA) is 37.4 Å². The first kappa shape index (κ1) is 20.2. The molecule has 1 aromatic carbocycles. The number of alkyl halides is 3. The summed E-state index contributed by atoms with van der Waals surface area (Å²) in [7, 11) is 0. The predicted octanol–water partition coefficient (Wildman–Crippen LogP) is 5.52. The standard InChI is InChI=1S/C20H24F3NO2/c21-20(22,23)14-10-6-4-2-1-3-5-7-11-15-24-18(25)16-12-8-9-13-17(16)19(24)26/h6,8-10,12-13H,1-5,7,11,14-15H2/b10-6+. The van der Waals surface area contributed by atoms with Crippen molar-refractivity contribution in [2.24, 2.45) is 0 Å². The monoisotopic (exact) mass is 367 g/mol. The molecule has 0 unspecified atom stereocenters. The number of carbonyl (C=O) groups excluding carboxylic acids is 2. The van der Waals surface area contributed by atoms with Crippen LogP contribution in [-0.2, 0) is 0 Å². The minimum absolute atomic E-state index is 0.212. The third kappa shape index (κ3) is 6.00. The Kier molecular flexibility index (Phi) is 7.42. The molecule has 26 heavy (non-hydrogen) atoms. The molecule has 0 aliphatic carbocycles. The van der Waals surface area contributed by atoms with Gasteiger partial charge in [-0.3, -0.25) is 14.5 Å². The van der Waals surface area contributed by atoms with Crippen molar-refractivity contribution in [2.45, 2.75) is 57.5 Å². The largest absolute Gasteiger partial charge is 0.392 e. The minimum atomic E-state index is -4.12. The highest BCUT2D eigenvalue weighted by atomic mass is 19.4. The zero-order chi connectivity index (χ0) is 19.0. The van der Waals surface area contributed by atoms with Gasteiger partial charge in [-0.05, 0) is 31.4 Å². The number of fused-ring (bicyclic) bond motifs is 1. The first-order chi connectivity index (χ1) is 12.4. The fourth-order valence-electron chi connectivity index (χ4n) is 3.02. The van der Waals surface area contributed by atoms with E-state index < -0.39 is 12.6 Å². The molecule has 0 spiro atoms. The number of rotatable bonds is 10. The number of carbonyl (C=O) groups is 2. The molecule has 0 saturated heterocycles. The summed E-state index contributed by atoms with van der Waals surface area (Å²) in [6, 6.07) is 6.87. The van der Waals surface area contributed by atoms with E-state index in [9.17, 15) is 22.8 Å². The maximum absolute atomic E-state index is 12.2. The lowest BCUT2D eigenvalue weighted by atomic mass is 10.1. The van der Waals surface area contributed by atoms with Crippen LogP contribution in [-0.4, -0.2) is 29.4 Å². The van der Waals surface area contributed by atoms with E-state index in [4.69, 9.17) is 0 Å². The number of benzene rings is 1. The average Bonchev–Trinajstić information content (AvgIpc) is 2.83. The van der Waals surface area contributed by atoms with Crippen LogP contribution < -0.4 is 0 Å². The van der Waals surface area contributed by atoms with Crippen LogP contribution in [0.5, 0.6) is 0 Å². The molecular formula is C20H24F3NO2. The van der Waals surface area contributed by atoms with Crippen molar-refractivity contribution in [2.75, 3.05) is 6.54 Å². The van der Waals surface area contributed by atoms with Crippen LogP contribution in [0.4, 0.5) is 13.2 Å². The number of unbranched alkanes of at least 4 members (excludes halogenated alkanes) is 6. The second-order valence-electron chi connectivity index (χ2n) is 6.51. The van der Waals surface area contributed by atoms with Crippen LogP contribution >= 0.6 is 0 Å². The maximum Gasteiger partial charge on any atom is 0.392 e. The molecule has 0 aromatic heterocycles. The summed E-state index contributed by atoms with van der Waals surface area (Å²) in [4.78, 5) is 25.7. The lowest BCUT2D eigenvalue weighted by Gasteiger charge is -2.13. The highest BCUT2D eigenvalue weighted by Gasteiger charge is 2.34. The molecule has 2 amide bonds. The number of imide groups is 1. The molecule has 142 valence electrons. The van der Waals surface area contributed by atoms with Gasteiger partial charge in [-0.2, -0.15) is 13.2 Å². The molecule has 6 heteroatoms. The van der Waals surface area contributed by atoms with Gasteiger partial charge in [0.15, 0.2) is 0 Å². The summed E-state index contributed by atoms with van der Waals surface area (Å²) in [5, 5.41) is 0. The lowest BCUT2D eigenvalue weighted by Crippen LogP contribution is -2.30. The van der Waals surface area contributed by atoms with Gasteiger partial charge in [0.25, 0.3) is 11.8 Å². The Morgan fingerprint density at radius 1 is 0.808 bits per heavy atom. The molecule has 0 atom stereocenters. The Labute approximate surface area is 151 Å². The van der Waals surface area contributed by atoms with Gasteiger partial charge in [0.05, 0.1) is 17.5 Å². The van der Waals surface area contributed by atoms with Gasteiger partial charge in [-0.1, -0.05) is 50.0 Å². The number of amides is 2. The Morgan fingerprint density at radius 3 is 1.92 bits per heavy atom. The second-order valence-corrected chi connectivity index (χ2v) is 6.51. The molecule has 0 bridgehead atoms. The van der Waals surface area contributed by atoms with E-state index in [-0.39, 0.29) is 11.8 Å². The molecule has 1 aliphatic heterocycles. The summed E-state index contributed by atoms with van der Waals surface area (Å²) in [6.45, 7) is 0.437. The zero-order valence-corrected chi connectivity index (χ0v) is 14.7. The van der Waals surface area contributed by atoms with Crippen molar-refractivity contribution in [1.29, 1.82) is 0 Å². The molecular weight excluding hydrogens is 343 g/mol. The van der Waals surface area contributed by atoms with Crippen molar-refractivity contribution < 1.29 is 22.8 Å². The third-order valence-corrected chi connectivity index (χ3v) is 4.40. The van der Waals surface area contributed by atoms with Crippen LogP contribution in [0.3, 0.4) is 0 Å². The summed E-state index contributed by atoms with van der Waals surface area (Å²) < 4.78 is 35.8. The summed E-state index contributed by atoms with van der Waals surface area (Å²) in [5.74, 6) is -0.424. The highest BCUT2D eigenvalue weighted by Crippen LogP contribution is 2.23.